The number of hydrogen-bond donors (Lipinski definition) is 1. The summed E-state index contributed by atoms with van der Waals surface area (Å²) in [5.74, 6) is 0. The summed E-state index contributed by atoms with van der Waals surface area (Å²) in [6.07, 6.45) is 2.12. The molecule has 2 aromatic carbocycles. The first kappa shape index (κ1) is 15.1. The van der Waals surface area contributed by atoms with E-state index < -0.39 is 0 Å². The third-order valence-electron chi connectivity index (χ3n) is 3.71. The van der Waals surface area contributed by atoms with E-state index in [-0.39, 0.29) is 0 Å². The minimum atomic E-state index is 0.373. The second kappa shape index (κ2) is 7.47. The Morgan fingerprint density at radius 1 is 1.10 bits per heavy atom. The zero-order valence-corrected chi connectivity index (χ0v) is 13.0. The van der Waals surface area contributed by atoms with E-state index in [0.29, 0.717) is 6.04 Å². The average Bonchev–Trinajstić information content (AvgIpc) is 2.45. The van der Waals surface area contributed by atoms with Gasteiger partial charge in [0.1, 0.15) is 0 Å². The molecular formula is C18H22ClN. The van der Waals surface area contributed by atoms with Gasteiger partial charge in [-0.05, 0) is 55.1 Å². The highest BCUT2D eigenvalue weighted by atomic mass is 35.5. The Kier molecular flexibility index (Phi) is 5.63. The van der Waals surface area contributed by atoms with E-state index in [1.165, 1.54) is 16.7 Å². The van der Waals surface area contributed by atoms with Crippen LogP contribution in [0, 0.1) is 6.92 Å². The van der Waals surface area contributed by atoms with Crippen molar-refractivity contribution in [3.05, 3.63) is 70.2 Å². The van der Waals surface area contributed by atoms with Gasteiger partial charge in [0.2, 0.25) is 0 Å². The number of halogens is 1. The Balaban J connectivity index is 1.93. The lowest BCUT2D eigenvalue weighted by atomic mass is 10.0. The Hall–Kier alpha value is -1.31. The SMILES string of the molecule is CCC(NCCc1ccccc1C)c1cccc(Cl)c1. The van der Waals surface area contributed by atoms with Crippen LogP contribution in [0.1, 0.15) is 36.1 Å². The fourth-order valence-electron chi connectivity index (χ4n) is 2.49. The molecular weight excluding hydrogens is 266 g/mol. The summed E-state index contributed by atoms with van der Waals surface area (Å²) in [6, 6.07) is 17.1. The minimum Gasteiger partial charge on any atom is -0.310 e. The predicted molar refractivity (Wildman–Crippen MR) is 87.4 cm³/mol. The standard InChI is InChI=1S/C18H22ClN/c1-3-18(16-9-6-10-17(19)13-16)20-12-11-15-8-5-4-7-14(15)2/h4-10,13,18,20H,3,11-12H2,1-2H3. The fraction of sp³-hybridized carbons (Fsp3) is 0.333. The van der Waals surface area contributed by atoms with Crippen LogP contribution in [0.15, 0.2) is 48.5 Å². The first-order chi connectivity index (χ1) is 9.70. The normalized spacial score (nSPS) is 12.3. The van der Waals surface area contributed by atoms with Crippen molar-refractivity contribution in [1.29, 1.82) is 0 Å². The fourth-order valence-corrected chi connectivity index (χ4v) is 2.69. The minimum absolute atomic E-state index is 0.373. The largest absolute Gasteiger partial charge is 0.310 e. The van der Waals surface area contributed by atoms with Gasteiger partial charge in [0.15, 0.2) is 0 Å². The maximum atomic E-state index is 6.07. The highest BCUT2D eigenvalue weighted by Crippen LogP contribution is 2.20. The van der Waals surface area contributed by atoms with Crippen molar-refractivity contribution in [1.82, 2.24) is 5.32 Å². The molecule has 0 bridgehead atoms. The van der Waals surface area contributed by atoms with Crippen LogP contribution in [0.4, 0.5) is 0 Å². The van der Waals surface area contributed by atoms with Gasteiger partial charge in [-0.15, -0.1) is 0 Å². The van der Waals surface area contributed by atoms with E-state index in [0.717, 1.165) is 24.4 Å². The van der Waals surface area contributed by atoms with E-state index in [9.17, 15) is 0 Å². The van der Waals surface area contributed by atoms with Gasteiger partial charge in [0.05, 0.1) is 0 Å². The van der Waals surface area contributed by atoms with Crippen molar-refractivity contribution in [2.24, 2.45) is 0 Å². The Bertz CT molecular complexity index is 551. The zero-order valence-electron chi connectivity index (χ0n) is 12.2. The monoisotopic (exact) mass is 287 g/mol. The number of benzene rings is 2. The second-order valence-corrected chi connectivity index (χ2v) is 5.58. The molecule has 0 fully saturated rings. The van der Waals surface area contributed by atoms with Gasteiger partial charge in [-0.25, -0.2) is 0 Å². The van der Waals surface area contributed by atoms with Crippen LogP contribution in [0.3, 0.4) is 0 Å². The highest BCUT2D eigenvalue weighted by Gasteiger charge is 2.08. The van der Waals surface area contributed by atoms with Crippen molar-refractivity contribution in [3.63, 3.8) is 0 Å². The van der Waals surface area contributed by atoms with Crippen LogP contribution < -0.4 is 5.32 Å². The number of rotatable bonds is 6. The molecule has 2 rings (SSSR count). The van der Waals surface area contributed by atoms with Crippen LogP contribution in [0.2, 0.25) is 5.02 Å². The van der Waals surface area contributed by atoms with E-state index in [2.05, 4.69) is 55.6 Å². The molecule has 0 aliphatic heterocycles. The zero-order chi connectivity index (χ0) is 14.4. The van der Waals surface area contributed by atoms with Crippen molar-refractivity contribution in [3.8, 4) is 0 Å². The number of hydrogen-bond acceptors (Lipinski definition) is 1. The summed E-state index contributed by atoms with van der Waals surface area (Å²) < 4.78 is 0. The highest BCUT2D eigenvalue weighted by molar-refractivity contribution is 6.30. The first-order valence-corrected chi connectivity index (χ1v) is 7.62. The van der Waals surface area contributed by atoms with Gasteiger partial charge in [0.25, 0.3) is 0 Å². The van der Waals surface area contributed by atoms with Crippen LogP contribution >= 0.6 is 11.6 Å². The summed E-state index contributed by atoms with van der Waals surface area (Å²) in [7, 11) is 0. The van der Waals surface area contributed by atoms with Crippen LogP contribution in [-0.4, -0.2) is 6.54 Å². The third-order valence-corrected chi connectivity index (χ3v) is 3.94. The van der Waals surface area contributed by atoms with Gasteiger partial charge in [0, 0.05) is 11.1 Å². The molecule has 0 spiro atoms. The van der Waals surface area contributed by atoms with Gasteiger partial charge in [-0.3, -0.25) is 0 Å². The molecule has 2 heteroatoms. The summed E-state index contributed by atoms with van der Waals surface area (Å²) in [5, 5.41) is 4.44. The van der Waals surface area contributed by atoms with E-state index in [1.807, 2.05) is 12.1 Å². The molecule has 1 unspecified atom stereocenters. The molecule has 0 saturated carbocycles. The lowest BCUT2D eigenvalue weighted by Crippen LogP contribution is -2.23. The van der Waals surface area contributed by atoms with Gasteiger partial charge in [-0.2, -0.15) is 0 Å². The van der Waals surface area contributed by atoms with Crippen molar-refractivity contribution >= 4 is 11.6 Å². The summed E-state index contributed by atoms with van der Waals surface area (Å²) in [4.78, 5) is 0. The molecule has 0 aliphatic carbocycles. The molecule has 0 saturated heterocycles. The Labute approximate surface area is 127 Å². The van der Waals surface area contributed by atoms with Crippen LogP contribution in [0.25, 0.3) is 0 Å². The van der Waals surface area contributed by atoms with Crippen molar-refractivity contribution in [2.75, 3.05) is 6.54 Å². The number of nitrogens with one attached hydrogen (secondary N) is 1. The molecule has 0 heterocycles. The summed E-state index contributed by atoms with van der Waals surface area (Å²) in [6.45, 7) is 5.35. The average molecular weight is 288 g/mol. The third kappa shape index (κ3) is 4.09. The van der Waals surface area contributed by atoms with Crippen LogP contribution in [-0.2, 0) is 6.42 Å². The molecule has 0 amide bonds. The summed E-state index contributed by atoms with van der Waals surface area (Å²) in [5.41, 5.74) is 4.05. The molecule has 2 aromatic rings. The van der Waals surface area contributed by atoms with Crippen molar-refractivity contribution < 1.29 is 0 Å². The molecule has 0 aliphatic rings. The van der Waals surface area contributed by atoms with Gasteiger partial charge < -0.3 is 5.32 Å². The maximum absolute atomic E-state index is 6.07. The Morgan fingerprint density at radius 2 is 1.90 bits per heavy atom. The van der Waals surface area contributed by atoms with Crippen molar-refractivity contribution in [2.45, 2.75) is 32.7 Å². The first-order valence-electron chi connectivity index (χ1n) is 7.24. The van der Waals surface area contributed by atoms with E-state index in [1.54, 1.807) is 0 Å². The molecule has 20 heavy (non-hydrogen) atoms. The molecule has 0 aromatic heterocycles. The van der Waals surface area contributed by atoms with E-state index in [4.69, 9.17) is 11.6 Å². The number of aryl methyl sites for hydroxylation is 1. The van der Waals surface area contributed by atoms with Gasteiger partial charge in [-0.1, -0.05) is 54.9 Å². The smallest absolute Gasteiger partial charge is 0.0409 e. The predicted octanol–water partition coefficient (Wildman–Crippen LogP) is 4.93. The lowest BCUT2D eigenvalue weighted by Gasteiger charge is -2.18. The topological polar surface area (TPSA) is 12.0 Å². The maximum Gasteiger partial charge on any atom is 0.0409 e. The molecule has 1 N–H and O–H groups in total. The molecule has 0 radical (unpaired) electrons. The quantitative estimate of drug-likeness (QED) is 0.794. The van der Waals surface area contributed by atoms with Crippen LogP contribution in [0.5, 0.6) is 0 Å². The molecule has 106 valence electrons. The second-order valence-electron chi connectivity index (χ2n) is 5.15. The summed E-state index contributed by atoms with van der Waals surface area (Å²) >= 11 is 6.07. The van der Waals surface area contributed by atoms with E-state index >= 15 is 0 Å². The van der Waals surface area contributed by atoms with Gasteiger partial charge >= 0.3 is 0 Å². The molecule has 1 atom stereocenters. The Morgan fingerprint density at radius 3 is 2.60 bits per heavy atom. The molecule has 1 nitrogen and oxygen atoms in total. The lowest BCUT2D eigenvalue weighted by molar-refractivity contribution is 0.522.